The molecule has 1 unspecified atom stereocenters. The Morgan fingerprint density at radius 2 is 2.29 bits per heavy atom. The summed E-state index contributed by atoms with van der Waals surface area (Å²) in [6.45, 7) is 1.92. The van der Waals surface area contributed by atoms with E-state index in [2.05, 4.69) is 15.3 Å². The Bertz CT molecular complexity index is 498. The van der Waals surface area contributed by atoms with Crippen LogP contribution in [0, 0.1) is 0 Å². The van der Waals surface area contributed by atoms with Gasteiger partial charge in [0.15, 0.2) is 0 Å². The number of nitrogens with one attached hydrogen (secondary N) is 1. The van der Waals surface area contributed by atoms with Crippen molar-refractivity contribution in [2.75, 3.05) is 0 Å². The predicted molar refractivity (Wildman–Crippen MR) is 67.2 cm³/mol. The molecule has 2 rings (SSSR count). The largest absolute Gasteiger partial charge is 0.343 e. The van der Waals surface area contributed by atoms with Crippen LogP contribution in [0.15, 0.2) is 29.9 Å². The van der Waals surface area contributed by atoms with Crippen molar-refractivity contribution in [3.8, 4) is 0 Å². The molecule has 88 valence electrons. The van der Waals surface area contributed by atoms with E-state index in [1.165, 1.54) is 12.4 Å². The summed E-state index contributed by atoms with van der Waals surface area (Å²) < 4.78 is 0. The molecule has 0 saturated heterocycles. The molecular formula is C11H10ClN3OS. The molecule has 0 aliphatic carbocycles. The summed E-state index contributed by atoms with van der Waals surface area (Å²) in [4.78, 5) is 20.6. The molecule has 1 atom stereocenters. The third-order valence-electron chi connectivity index (χ3n) is 2.17. The van der Waals surface area contributed by atoms with Crippen LogP contribution in [0.3, 0.4) is 0 Å². The van der Waals surface area contributed by atoms with E-state index in [-0.39, 0.29) is 22.8 Å². The van der Waals surface area contributed by atoms with Gasteiger partial charge in [0.2, 0.25) is 0 Å². The summed E-state index contributed by atoms with van der Waals surface area (Å²) in [5.41, 5.74) is 0.262. The molecule has 0 bridgehead atoms. The van der Waals surface area contributed by atoms with Gasteiger partial charge in [-0.15, -0.1) is 11.3 Å². The Morgan fingerprint density at radius 3 is 2.88 bits per heavy atom. The van der Waals surface area contributed by atoms with Crippen LogP contribution < -0.4 is 5.32 Å². The summed E-state index contributed by atoms with van der Waals surface area (Å²) >= 11 is 7.20. The zero-order valence-electron chi connectivity index (χ0n) is 9.05. The van der Waals surface area contributed by atoms with Crippen molar-refractivity contribution in [1.82, 2.24) is 15.3 Å². The Balaban J connectivity index is 2.04. The third-order valence-corrected chi connectivity index (χ3v) is 3.42. The fourth-order valence-corrected chi connectivity index (χ4v) is 2.14. The van der Waals surface area contributed by atoms with Gasteiger partial charge in [0.25, 0.3) is 5.91 Å². The van der Waals surface area contributed by atoms with Crippen LogP contribution in [0.2, 0.25) is 5.15 Å². The van der Waals surface area contributed by atoms with E-state index in [0.29, 0.717) is 0 Å². The van der Waals surface area contributed by atoms with Crippen LogP contribution in [-0.4, -0.2) is 15.9 Å². The Morgan fingerprint density at radius 1 is 1.47 bits per heavy atom. The van der Waals surface area contributed by atoms with Gasteiger partial charge in [-0.05, 0) is 18.4 Å². The number of amides is 1. The minimum Gasteiger partial charge on any atom is -0.343 e. The van der Waals surface area contributed by atoms with E-state index < -0.39 is 0 Å². The number of thiophene rings is 1. The van der Waals surface area contributed by atoms with Crippen molar-refractivity contribution in [2.24, 2.45) is 0 Å². The highest BCUT2D eigenvalue weighted by molar-refractivity contribution is 7.10. The third kappa shape index (κ3) is 3.01. The van der Waals surface area contributed by atoms with E-state index in [1.807, 2.05) is 24.4 Å². The molecule has 2 aromatic rings. The van der Waals surface area contributed by atoms with Gasteiger partial charge in [0.1, 0.15) is 10.8 Å². The minimum absolute atomic E-state index is 0.0417. The van der Waals surface area contributed by atoms with Crippen molar-refractivity contribution in [2.45, 2.75) is 13.0 Å². The van der Waals surface area contributed by atoms with Crippen molar-refractivity contribution < 1.29 is 4.79 Å². The highest BCUT2D eigenvalue weighted by Gasteiger charge is 2.13. The molecule has 17 heavy (non-hydrogen) atoms. The van der Waals surface area contributed by atoms with Crippen LogP contribution in [0.5, 0.6) is 0 Å². The van der Waals surface area contributed by atoms with E-state index in [4.69, 9.17) is 11.6 Å². The molecule has 0 fully saturated rings. The maximum Gasteiger partial charge on any atom is 0.271 e. The number of nitrogens with zero attached hydrogens (tertiary/aromatic N) is 2. The van der Waals surface area contributed by atoms with Gasteiger partial charge in [-0.2, -0.15) is 0 Å². The monoisotopic (exact) mass is 267 g/mol. The normalized spacial score (nSPS) is 12.1. The standard InChI is InChI=1S/C11H10ClN3OS/c1-7(9-3-2-4-17-9)15-11(16)8-5-14-10(12)6-13-8/h2-7H,1H3,(H,15,16). The maximum atomic E-state index is 11.8. The van der Waals surface area contributed by atoms with Crippen molar-refractivity contribution in [3.63, 3.8) is 0 Å². The van der Waals surface area contributed by atoms with Gasteiger partial charge in [0.05, 0.1) is 18.4 Å². The Labute approximate surface area is 108 Å². The Kier molecular flexibility index (Phi) is 3.71. The molecule has 0 radical (unpaired) electrons. The summed E-state index contributed by atoms with van der Waals surface area (Å²) in [5.74, 6) is -0.255. The van der Waals surface area contributed by atoms with Gasteiger partial charge in [-0.25, -0.2) is 9.97 Å². The molecule has 1 amide bonds. The van der Waals surface area contributed by atoms with E-state index in [1.54, 1.807) is 11.3 Å². The average Bonchev–Trinajstić information content (AvgIpc) is 2.83. The summed E-state index contributed by atoms with van der Waals surface area (Å²) in [6, 6.07) is 3.88. The van der Waals surface area contributed by atoms with Crippen LogP contribution in [0.1, 0.15) is 28.3 Å². The summed E-state index contributed by atoms with van der Waals surface area (Å²) in [6.07, 6.45) is 2.71. The fraction of sp³-hybridized carbons (Fsp3) is 0.182. The van der Waals surface area contributed by atoms with Crippen molar-refractivity contribution in [3.05, 3.63) is 45.6 Å². The van der Waals surface area contributed by atoms with Crippen LogP contribution in [-0.2, 0) is 0 Å². The molecule has 0 aliphatic heterocycles. The van der Waals surface area contributed by atoms with Gasteiger partial charge in [-0.3, -0.25) is 4.79 Å². The molecule has 0 saturated carbocycles. The highest BCUT2D eigenvalue weighted by Crippen LogP contribution is 2.18. The van der Waals surface area contributed by atoms with Crippen molar-refractivity contribution in [1.29, 1.82) is 0 Å². The second-order valence-electron chi connectivity index (χ2n) is 3.43. The van der Waals surface area contributed by atoms with Crippen LogP contribution in [0.25, 0.3) is 0 Å². The molecule has 0 aliphatic rings. The predicted octanol–water partition coefficient (Wildman–Crippen LogP) is 2.68. The minimum atomic E-state index is -0.255. The van der Waals surface area contributed by atoms with Crippen LogP contribution in [0.4, 0.5) is 0 Å². The van der Waals surface area contributed by atoms with Gasteiger partial charge < -0.3 is 5.32 Å². The first kappa shape index (κ1) is 12.0. The lowest BCUT2D eigenvalue weighted by atomic mass is 10.2. The molecule has 0 aromatic carbocycles. The second-order valence-corrected chi connectivity index (χ2v) is 4.80. The molecule has 6 heteroatoms. The lowest BCUT2D eigenvalue weighted by Crippen LogP contribution is -2.27. The molecule has 4 nitrogen and oxygen atoms in total. The number of hydrogen-bond donors (Lipinski definition) is 1. The van der Waals surface area contributed by atoms with Gasteiger partial charge in [0, 0.05) is 4.88 Å². The van der Waals surface area contributed by atoms with Gasteiger partial charge in [-0.1, -0.05) is 17.7 Å². The number of rotatable bonds is 3. The summed E-state index contributed by atoms with van der Waals surface area (Å²) in [7, 11) is 0. The zero-order valence-corrected chi connectivity index (χ0v) is 10.6. The first-order valence-corrected chi connectivity index (χ1v) is 6.24. The Hall–Kier alpha value is -1.46. The molecule has 2 aromatic heterocycles. The highest BCUT2D eigenvalue weighted by atomic mass is 35.5. The number of aromatic nitrogens is 2. The SMILES string of the molecule is CC(NC(=O)c1cnc(Cl)cn1)c1cccs1. The molecule has 2 heterocycles. The van der Waals surface area contributed by atoms with E-state index in [9.17, 15) is 4.79 Å². The molecule has 1 N–H and O–H groups in total. The number of carbonyl (C=O) groups is 1. The smallest absolute Gasteiger partial charge is 0.271 e. The molecular weight excluding hydrogens is 258 g/mol. The van der Waals surface area contributed by atoms with Crippen molar-refractivity contribution >= 4 is 28.8 Å². The number of carbonyl (C=O) groups excluding carboxylic acids is 1. The van der Waals surface area contributed by atoms with Gasteiger partial charge >= 0.3 is 0 Å². The number of hydrogen-bond acceptors (Lipinski definition) is 4. The first-order chi connectivity index (χ1) is 8.16. The maximum absolute atomic E-state index is 11.8. The topological polar surface area (TPSA) is 54.9 Å². The lowest BCUT2D eigenvalue weighted by Gasteiger charge is -2.11. The molecule has 0 spiro atoms. The second kappa shape index (κ2) is 5.25. The van der Waals surface area contributed by atoms with Crippen LogP contribution >= 0.6 is 22.9 Å². The van der Waals surface area contributed by atoms with E-state index in [0.717, 1.165) is 4.88 Å². The lowest BCUT2D eigenvalue weighted by molar-refractivity contribution is 0.0935. The van der Waals surface area contributed by atoms with E-state index >= 15 is 0 Å². The quantitative estimate of drug-likeness (QED) is 0.930. The number of halogens is 1. The zero-order chi connectivity index (χ0) is 12.3. The fourth-order valence-electron chi connectivity index (χ4n) is 1.31. The summed E-state index contributed by atoms with van der Waals surface area (Å²) in [5, 5.41) is 5.09. The average molecular weight is 268 g/mol. The first-order valence-electron chi connectivity index (χ1n) is 4.98.